The van der Waals surface area contributed by atoms with E-state index in [1.807, 2.05) is 6.92 Å². The van der Waals surface area contributed by atoms with E-state index >= 15 is 0 Å². The van der Waals surface area contributed by atoms with E-state index in [0.29, 0.717) is 36.5 Å². The average Bonchev–Trinajstić information content (AvgIpc) is 3.09. The van der Waals surface area contributed by atoms with Gasteiger partial charge in [0.25, 0.3) is 0 Å². The lowest BCUT2D eigenvalue weighted by atomic mass is 9.90. The minimum absolute atomic E-state index is 0.237. The summed E-state index contributed by atoms with van der Waals surface area (Å²) in [6, 6.07) is 0. The van der Waals surface area contributed by atoms with Crippen molar-refractivity contribution in [3.05, 3.63) is 16.4 Å². The van der Waals surface area contributed by atoms with Crippen molar-refractivity contribution >= 4 is 23.7 Å². The Hall–Kier alpha value is -1.76. The van der Waals surface area contributed by atoms with E-state index in [-0.39, 0.29) is 6.42 Å². The van der Waals surface area contributed by atoms with Crippen molar-refractivity contribution in [2.45, 2.75) is 64.5 Å². The molecule has 26 heavy (non-hydrogen) atoms. The van der Waals surface area contributed by atoms with Crippen molar-refractivity contribution in [1.29, 1.82) is 0 Å². The molecule has 1 amide bonds. The van der Waals surface area contributed by atoms with Crippen molar-refractivity contribution in [1.82, 2.24) is 14.7 Å². The molecule has 1 saturated heterocycles. The second-order valence-electron chi connectivity index (χ2n) is 7.62. The summed E-state index contributed by atoms with van der Waals surface area (Å²) in [6.07, 6.45) is 1.58. The molecule has 0 spiro atoms. The maximum atomic E-state index is 12.8. The van der Waals surface area contributed by atoms with E-state index < -0.39 is 23.2 Å². The van der Waals surface area contributed by atoms with Gasteiger partial charge in [-0.1, -0.05) is 18.5 Å². The molecular formula is C18H28ClN3O4. The highest BCUT2D eigenvalue weighted by Crippen LogP contribution is 2.37. The molecule has 0 aliphatic carbocycles. The molecule has 1 unspecified atom stereocenters. The van der Waals surface area contributed by atoms with Crippen LogP contribution in [0.1, 0.15) is 51.9 Å². The fraction of sp³-hybridized carbons (Fsp3) is 0.722. The summed E-state index contributed by atoms with van der Waals surface area (Å²) in [6.45, 7) is 7.79. The molecule has 1 fully saturated rings. The number of aryl methyl sites for hydroxylation is 2. The Morgan fingerprint density at radius 3 is 2.50 bits per heavy atom. The quantitative estimate of drug-likeness (QED) is 0.744. The standard InChI is InChI=1S/C18H28ClN3O4/c1-7-12-14(19)13(21(5)20-12)11-18(15(23)25-6)9-8-10-22(18)16(24)26-17(2,3)4/h7-11H2,1-6H3. The van der Waals surface area contributed by atoms with Gasteiger partial charge in [-0.3, -0.25) is 9.58 Å². The van der Waals surface area contributed by atoms with Crippen LogP contribution in [0.3, 0.4) is 0 Å². The number of hydrogen-bond acceptors (Lipinski definition) is 5. The van der Waals surface area contributed by atoms with Crippen LogP contribution in [0.5, 0.6) is 0 Å². The summed E-state index contributed by atoms with van der Waals surface area (Å²) in [5, 5.41) is 4.95. The third kappa shape index (κ3) is 3.82. The molecule has 0 bridgehead atoms. The first-order chi connectivity index (χ1) is 12.1. The number of methoxy groups -OCH3 is 1. The van der Waals surface area contributed by atoms with Crippen molar-refractivity contribution in [2.24, 2.45) is 7.05 Å². The monoisotopic (exact) mass is 385 g/mol. The number of halogens is 1. The molecule has 1 aromatic rings. The fourth-order valence-electron chi connectivity index (χ4n) is 3.41. The Kier molecular flexibility index (Phi) is 5.90. The van der Waals surface area contributed by atoms with Crippen LogP contribution in [-0.4, -0.2) is 51.5 Å². The van der Waals surface area contributed by atoms with Gasteiger partial charge in [-0.25, -0.2) is 9.59 Å². The van der Waals surface area contributed by atoms with Gasteiger partial charge in [0.05, 0.1) is 23.5 Å². The predicted octanol–water partition coefficient (Wildman–Crippen LogP) is 3.12. The largest absolute Gasteiger partial charge is 0.467 e. The van der Waals surface area contributed by atoms with Crippen LogP contribution in [-0.2, 0) is 34.2 Å². The van der Waals surface area contributed by atoms with E-state index in [1.54, 1.807) is 32.5 Å². The van der Waals surface area contributed by atoms with Gasteiger partial charge in [-0.2, -0.15) is 5.10 Å². The lowest BCUT2D eigenvalue weighted by molar-refractivity contribution is -0.153. The molecule has 0 aromatic carbocycles. The molecule has 0 N–H and O–H groups in total. The van der Waals surface area contributed by atoms with Crippen LogP contribution >= 0.6 is 11.6 Å². The highest BCUT2D eigenvalue weighted by molar-refractivity contribution is 6.32. The summed E-state index contributed by atoms with van der Waals surface area (Å²) < 4.78 is 12.3. The van der Waals surface area contributed by atoms with Crippen molar-refractivity contribution in [2.75, 3.05) is 13.7 Å². The molecule has 1 atom stereocenters. The van der Waals surface area contributed by atoms with Gasteiger partial charge >= 0.3 is 12.1 Å². The van der Waals surface area contributed by atoms with Gasteiger partial charge in [-0.05, 0) is 40.0 Å². The molecule has 7 nitrogen and oxygen atoms in total. The number of amides is 1. The smallest absolute Gasteiger partial charge is 0.411 e. The molecule has 2 heterocycles. The Morgan fingerprint density at radius 1 is 1.35 bits per heavy atom. The van der Waals surface area contributed by atoms with E-state index in [1.165, 1.54) is 12.0 Å². The Bertz CT molecular complexity index is 695. The molecule has 2 rings (SSSR count). The predicted molar refractivity (Wildman–Crippen MR) is 98.2 cm³/mol. The summed E-state index contributed by atoms with van der Waals surface area (Å²) in [5.41, 5.74) is -0.309. The number of rotatable bonds is 4. The Labute approximate surface area is 159 Å². The number of ether oxygens (including phenoxy) is 2. The number of carbonyl (C=O) groups is 2. The van der Waals surface area contributed by atoms with E-state index in [0.717, 1.165) is 5.69 Å². The third-order valence-electron chi connectivity index (χ3n) is 4.63. The lowest BCUT2D eigenvalue weighted by Gasteiger charge is -2.36. The van der Waals surface area contributed by atoms with Crippen LogP contribution in [0.4, 0.5) is 4.79 Å². The molecule has 8 heteroatoms. The van der Waals surface area contributed by atoms with Crippen LogP contribution in [0.2, 0.25) is 5.02 Å². The van der Waals surface area contributed by atoms with Gasteiger partial charge in [0, 0.05) is 20.0 Å². The first-order valence-corrected chi connectivity index (χ1v) is 9.23. The normalized spacial score (nSPS) is 20.3. The number of aromatic nitrogens is 2. The van der Waals surface area contributed by atoms with Gasteiger partial charge in [0.2, 0.25) is 0 Å². The Morgan fingerprint density at radius 2 is 2.00 bits per heavy atom. The lowest BCUT2D eigenvalue weighted by Crippen LogP contribution is -2.56. The number of esters is 1. The molecule has 0 radical (unpaired) electrons. The zero-order valence-electron chi connectivity index (χ0n) is 16.4. The second kappa shape index (κ2) is 7.47. The number of carbonyl (C=O) groups excluding carboxylic acids is 2. The van der Waals surface area contributed by atoms with Crippen LogP contribution < -0.4 is 0 Å². The van der Waals surface area contributed by atoms with Gasteiger partial charge in [-0.15, -0.1) is 0 Å². The zero-order valence-corrected chi connectivity index (χ0v) is 17.1. The Balaban J connectivity index is 2.44. The van der Waals surface area contributed by atoms with E-state index in [4.69, 9.17) is 21.1 Å². The SMILES string of the molecule is CCc1nn(C)c(CC2(C(=O)OC)CCCN2C(=O)OC(C)(C)C)c1Cl. The van der Waals surface area contributed by atoms with Crippen molar-refractivity contribution < 1.29 is 19.1 Å². The number of likely N-dealkylation sites (tertiary alicyclic amines) is 1. The molecule has 0 saturated carbocycles. The highest BCUT2D eigenvalue weighted by atomic mass is 35.5. The number of hydrogen-bond donors (Lipinski definition) is 0. The maximum Gasteiger partial charge on any atom is 0.411 e. The van der Waals surface area contributed by atoms with Crippen LogP contribution in [0.25, 0.3) is 0 Å². The molecule has 1 aliphatic heterocycles. The molecule has 1 aromatic heterocycles. The highest BCUT2D eigenvalue weighted by Gasteiger charge is 2.52. The van der Waals surface area contributed by atoms with Crippen molar-refractivity contribution in [3.63, 3.8) is 0 Å². The van der Waals surface area contributed by atoms with Crippen LogP contribution in [0, 0.1) is 0 Å². The minimum Gasteiger partial charge on any atom is -0.467 e. The fourth-order valence-corrected chi connectivity index (χ4v) is 3.77. The molecule has 146 valence electrons. The van der Waals surface area contributed by atoms with Crippen LogP contribution in [0.15, 0.2) is 0 Å². The first-order valence-electron chi connectivity index (χ1n) is 8.85. The maximum absolute atomic E-state index is 12.8. The third-order valence-corrected chi connectivity index (χ3v) is 5.07. The number of nitrogens with zero attached hydrogens (tertiary/aromatic N) is 3. The van der Waals surface area contributed by atoms with E-state index in [9.17, 15) is 9.59 Å². The van der Waals surface area contributed by atoms with Gasteiger partial charge in [0.1, 0.15) is 11.1 Å². The van der Waals surface area contributed by atoms with E-state index in [2.05, 4.69) is 5.10 Å². The van der Waals surface area contributed by atoms with Gasteiger partial charge < -0.3 is 9.47 Å². The summed E-state index contributed by atoms with van der Waals surface area (Å²) >= 11 is 6.48. The molecular weight excluding hydrogens is 358 g/mol. The molecule has 1 aliphatic rings. The van der Waals surface area contributed by atoms with Crippen molar-refractivity contribution in [3.8, 4) is 0 Å². The topological polar surface area (TPSA) is 73.7 Å². The second-order valence-corrected chi connectivity index (χ2v) is 8.00. The first kappa shape index (κ1) is 20.6. The minimum atomic E-state index is -1.14. The zero-order chi connectivity index (χ0) is 19.7. The summed E-state index contributed by atoms with van der Waals surface area (Å²) in [7, 11) is 3.12. The van der Waals surface area contributed by atoms with Gasteiger partial charge in [0.15, 0.2) is 0 Å². The summed E-state index contributed by atoms with van der Waals surface area (Å²) in [4.78, 5) is 27.0. The summed E-state index contributed by atoms with van der Waals surface area (Å²) in [5.74, 6) is -0.462. The average molecular weight is 386 g/mol.